The Morgan fingerprint density at radius 2 is 2.50 bits per heavy atom. The van der Waals surface area contributed by atoms with Crippen molar-refractivity contribution in [1.82, 2.24) is 9.97 Å². The monoisotopic (exact) mass is 193 g/mol. The van der Waals surface area contributed by atoms with Crippen molar-refractivity contribution >= 4 is 11.8 Å². The van der Waals surface area contributed by atoms with Gasteiger partial charge >= 0.3 is 0 Å². The summed E-state index contributed by atoms with van der Waals surface area (Å²) in [7, 11) is 0. The molecular formula is C9H15N5. The van der Waals surface area contributed by atoms with Crippen molar-refractivity contribution in [2.45, 2.75) is 25.8 Å². The van der Waals surface area contributed by atoms with E-state index in [0.29, 0.717) is 12.0 Å². The van der Waals surface area contributed by atoms with Gasteiger partial charge in [-0.15, -0.1) is 0 Å². The summed E-state index contributed by atoms with van der Waals surface area (Å²) in [6.07, 6.45) is 4.19. The minimum atomic E-state index is 0.474. The number of aromatic nitrogens is 2. The molecule has 14 heavy (non-hydrogen) atoms. The third-order valence-electron chi connectivity index (χ3n) is 2.62. The van der Waals surface area contributed by atoms with Crippen molar-refractivity contribution < 1.29 is 0 Å². The number of hydrazine groups is 1. The predicted octanol–water partition coefficient (Wildman–Crippen LogP) is 0.751. The fraction of sp³-hybridized carbons (Fsp3) is 0.556. The van der Waals surface area contributed by atoms with Crippen LogP contribution >= 0.6 is 0 Å². The standard InChI is InChI=1S/C9H15N5/c1-7-3-2-6-14(7)8-4-5-11-9(12-8)13-10/h4-5,7H,2-3,6,10H2,1H3,(H,11,12,13). The van der Waals surface area contributed by atoms with E-state index in [4.69, 9.17) is 5.84 Å². The van der Waals surface area contributed by atoms with Gasteiger partial charge in [0.05, 0.1) is 0 Å². The van der Waals surface area contributed by atoms with E-state index in [-0.39, 0.29) is 0 Å². The summed E-state index contributed by atoms with van der Waals surface area (Å²) in [5.41, 5.74) is 2.46. The molecule has 0 aliphatic carbocycles. The normalized spacial score (nSPS) is 21.3. The summed E-state index contributed by atoms with van der Waals surface area (Å²) in [5, 5.41) is 0. The average molecular weight is 193 g/mol. The molecule has 1 fully saturated rings. The van der Waals surface area contributed by atoms with Gasteiger partial charge in [0.25, 0.3) is 0 Å². The summed E-state index contributed by atoms with van der Waals surface area (Å²) in [4.78, 5) is 10.6. The van der Waals surface area contributed by atoms with Gasteiger partial charge in [-0.1, -0.05) is 0 Å². The minimum absolute atomic E-state index is 0.474. The molecule has 1 aromatic heterocycles. The van der Waals surface area contributed by atoms with Gasteiger partial charge in [-0.3, -0.25) is 5.43 Å². The number of nitrogens with two attached hydrogens (primary N) is 1. The highest BCUT2D eigenvalue weighted by Gasteiger charge is 2.21. The Labute approximate surface area is 83.3 Å². The van der Waals surface area contributed by atoms with E-state index in [9.17, 15) is 0 Å². The molecule has 1 aromatic rings. The maximum Gasteiger partial charge on any atom is 0.239 e. The third kappa shape index (κ3) is 1.63. The molecule has 1 aliphatic heterocycles. The van der Waals surface area contributed by atoms with E-state index in [2.05, 4.69) is 27.2 Å². The Morgan fingerprint density at radius 3 is 3.14 bits per heavy atom. The van der Waals surface area contributed by atoms with Crippen molar-refractivity contribution in [3.05, 3.63) is 12.3 Å². The van der Waals surface area contributed by atoms with E-state index >= 15 is 0 Å². The van der Waals surface area contributed by atoms with Crippen molar-refractivity contribution in [2.75, 3.05) is 16.9 Å². The molecule has 2 rings (SSSR count). The summed E-state index contributed by atoms with van der Waals surface area (Å²) >= 11 is 0. The first kappa shape index (κ1) is 9.21. The van der Waals surface area contributed by atoms with Gasteiger partial charge in [0.2, 0.25) is 5.95 Å². The molecule has 0 bridgehead atoms. The highest BCUT2D eigenvalue weighted by atomic mass is 15.3. The molecule has 0 saturated carbocycles. The maximum atomic E-state index is 5.26. The Balaban J connectivity index is 2.22. The van der Waals surface area contributed by atoms with Crippen molar-refractivity contribution in [2.24, 2.45) is 5.84 Å². The molecule has 76 valence electrons. The van der Waals surface area contributed by atoms with Crippen LogP contribution in [0.1, 0.15) is 19.8 Å². The predicted molar refractivity (Wildman–Crippen MR) is 55.9 cm³/mol. The number of rotatable bonds is 2. The van der Waals surface area contributed by atoms with Crippen LogP contribution in [0.3, 0.4) is 0 Å². The molecule has 3 N–H and O–H groups in total. The quantitative estimate of drug-likeness (QED) is 0.536. The number of anilines is 2. The minimum Gasteiger partial charge on any atom is -0.354 e. The van der Waals surface area contributed by atoms with Gasteiger partial charge in [0, 0.05) is 18.8 Å². The molecule has 2 heterocycles. The van der Waals surface area contributed by atoms with Crippen LogP contribution in [0.5, 0.6) is 0 Å². The van der Waals surface area contributed by atoms with Crippen LogP contribution < -0.4 is 16.2 Å². The first-order valence-electron chi connectivity index (χ1n) is 4.87. The zero-order valence-corrected chi connectivity index (χ0v) is 8.27. The zero-order valence-electron chi connectivity index (χ0n) is 8.27. The number of hydrogen-bond donors (Lipinski definition) is 2. The molecule has 0 spiro atoms. The molecule has 5 nitrogen and oxygen atoms in total. The van der Waals surface area contributed by atoms with Gasteiger partial charge in [0.15, 0.2) is 0 Å². The maximum absolute atomic E-state index is 5.26. The third-order valence-corrected chi connectivity index (χ3v) is 2.62. The molecule has 0 amide bonds. The van der Waals surface area contributed by atoms with Gasteiger partial charge in [0.1, 0.15) is 5.82 Å². The Bertz CT molecular complexity index is 314. The molecule has 1 atom stereocenters. The number of nitrogens with one attached hydrogen (secondary N) is 1. The van der Waals surface area contributed by atoms with E-state index in [1.807, 2.05) is 6.07 Å². The summed E-state index contributed by atoms with van der Waals surface area (Å²) in [6, 6.07) is 2.48. The van der Waals surface area contributed by atoms with Gasteiger partial charge < -0.3 is 4.90 Å². The Kier molecular flexibility index (Phi) is 2.49. The zero-order chi connectivity index (χ0) is 9.97. The molecule has 5 heteroatoms. The first-order chi connectivity index (χ1) is 6.81. The van der Waals surface area contributed by atoms with Gasteiger partial charge in [-0.05, 0) is 25.8 Å². The van der Waals surface area contributed by atoms with E-state index in [1.165, 1.54) is 12.8 Å². The highest BCUT2D eigenvalue weighted by Crippen LogP contribution is 2.23. The van der Waals surface area contributed by atoms with Crippen LogP contribution in [-0.2, 0) is 0 Å². The van der Waals surface area contributed by atoms with E-state index in [0.717, 1.165) is 12.4 Å². The summed E-state index contributed by atoms with van der Waals surface area (Å²) < 4.78 is 0. The van der Waals surface area contributed by atoms with Crippen molar-refractivity contribution in [3.8, 4) is 0 Å². The molecule has 1 saturated heterocycles. The first-order valence-corrected chi connectivity index (χ1v) is 4.87. The van der Waals surface area contributed by atoms with Crippen LogP contribution in [0.15, 0.2) is 12.3 Å². The lowest BCUT2D eigenvalue weighted by molar-refractivity contribution is 0.726. The number of hydrogen-bond acceptors (Lipinski definition) is 5. The van der Waals surface area contributed by atoms with Gasteiger partial charge in [-0.25, -0.2) is 10.8 Å². The SMILES string of the molecule is CC1CCCN1c1ccnc(NN)n1. The molecule has 1 aliphatic rings. The van der Waals surface area contributed by atoms with Crippen molar-refractivity contribution in [1.29, 1.82) is 0 Å². The number of nitrogens with zero attached hydrogens (tertiary/aromatic N) is 3. The van der Waals surface area contributed by atoms with Crippen LogP contribution in [0.2, 0.25) is 0 Å². The van der Waals surface area contributed by atoms with Crippen LogP contribution in [0, 0.1) is 0 Å². The smallest absolute Gasteiger partial charge is 0.239 e. The molecular weight excluding hydrogens is 178 g/mol. The largest absolute Gasteiger partial charge is 0.354 e. The van der Waals surface area contributed by atoms with Crippen LogP contribution in [-0.4, -0.2) is 22.6 Å². The average Bonchev–Trinajstić information content (AvgIpc) is 2.65. The second-order valence-corrected chi connectivity index (χ2v) is 3.57. The van der Waals surface area contributed by atoms with Crippen LogP contribution in [0.4, 0.5) is 11.8 Å². The van der Waals surface area contributed by atoms with Gasteiger partial charge in [-0.2, -0.15) is 4.98 Å². The van der Waals surface area contributed by atoms with Crippen LogP contribution in [0.25, 0.3) is 0 Å². The lowest BCUT2D eigenvalue weighted by atomic mass is 10.2. The second-order valence-electron chi connectivity index (χ2n) is 3.57. The fourth-order valence-corrected chi connectivity index (χ4v) is 1.85. The lowest BCUT2D eigenvalue weighted by Crippen LogP contribution is -2.27. The van der Waals surface area contributed by atoms with Crippen molar-refractivity contribution in [3.63, 3.8) is 0 Å². The molecule has 0 aromatic carbocycles. The summed E-state index contributed by atoms with van der Waals surface area (Å²) in [5.74, 6) is 6.69. The Hall–Kier alpha value is -1.36. The second kappa shape index (κ2) is 3.79. The van der Waals surface area contributed by atoms with E-state index in [1.54, 1.807) is 6.20 Å². The topological polar surface area (TPSA) is 67.1 Å². The molecule has 1 unspecified atom stereocenters. The highest BCUT2D eigenvalue weighted by molar-refractivity contribution is 5.43. The lowest BCUT2D eigenvalue weighted by Gasteiger charge is -2.22. The van der Waals surface area contributed by atoms with E-state index < -0.39 is 0 Å². The number of nitrogen functional groups attached to an aromatic ring is 1. The fourth-order valence-electron chi connectivity index (χ4n) is 1.85. The summed E-state index contributed by atoms with van der Waals surface area (Å²) in [6.45, 7) is 3.28. The molecule has 0 radical (unpaired) electrons. The Morgan fingerprint density at radius 1 is 1.64 bits per heavy atom.